The molecule has 1 aliphatic rings. The predicted octanol–water partition coefficient (Wildman–Crippen LogP) is 0.0325. The van der Waals surface area contributed by atoms with Crippen molar-refractivity contribution in [3.8, 4) is 5.75 Å². The molecular formula is C14H19N3O3. The molecule has 0 aromatic heterocycles. The van der Waals surface area contributed by atoms with E-state index in [9.17, 15) is 9.59 Å². The second kappa shape index (κ2) is 6.91. The molecule has 1 aliphatic heterocycles. The molecule has 1 atom stereocenters. The summed E-state index contributed by atoms with van der Waals surface area (Å²) in [5, 5.41) is 6.24. The van der Waals surface area contributed by atoms with Crippen LogP contribution in [0.15, 0.2) is 24.3 Å². The standard InChI is InChI=1S/C14H19N3O3/c15-13(18)9-20-12-5-3-10(4-6-12)14(19)17-11-2-1-7-16-8-11/h3-6,11,16H,1-2,7-9H2,(H2,15,18)(H,17,19). The van der Waals surface area contributed by atoms with Gasteiger partial charge in [0.25, 0.3) is 11.8 Å². The van der Waals surface area contributed by atoms with E-state index >= 15 is 0 Å². The molecule has 2 rings (SSSR count). The van der Waals surface area contributed by atoms with Gasteiger partial charge in [0.15, 0.2) is 6.61 Å². The number of carbonyl (C=O) groups excluding carboxylic acids is 2. The molecule has 0 saturated carbocycles. The zero-order valence-electron chi connectivity index (χ0n) is 11.2. The summed E-state index contributed by atoms with van der Waals surface area (Å²) in [5.74, 6) is -0.114. The average Bonchev–Trinajstić information content (AvgIpc) is 2.46. The van der Waals surface area contributed by atoms with Crippen molar-refractivity contribution in [2.24, 2.45) is 5.73 Å². The number of hydrogen-bond donors (Lipinski definition) is 3. The summed E-state index contributed by atoms with van der Waals surface area (Å²) in [6, 6.07) is 6.82. The van der Waals surface area contributed by atoms with Crippen molar-refractivity contribution in [1.82, 2.24) is 10.6 Å². The van der Waals surface area contributed by atoms with E-state index in [0.29, 0.717) is 11.3 Å². The van der Waals surface area contributed by atoms with Gasteiger partial charge in [-0.05, 0) is 43.7 Å². The van der Waals surface area contributed by atoms with Crippen LogP contribution >= 0.6 is 0 Å². The summed E-state index contributed by atoms with van der Waals surface area (Å²) in [6.45, 7) is 1.66. The molecule has 1 fully saturated rings. The third kappa shape index (κ3) is 4.24. The third-order valence-corrected chi connectivity index (χ3v) is 3.13. The Bertz CT molecular complexity index is 467. The maximum atomic E-state index is 12.0. The lowest BCUT2D eigenvalue weighted by atomic mass is 10.1. The number of carbonyl (C=O) groups is 2. The second-order valence-electron chi connectivity index (χ2n) is 4.80. The number of amides is 2. The van der Waals surface area contributed by atoms with Crippen LogP contribution in [0.2, 0.25) is 0 Å². The Morgan fingerprint density at radius 3 is 2.70 bits per heavy atom. The van der Waals surface area contributed by atoms with E-state index in [1.807, 2.05) is 0 Å². The minimum absolute atomic E-state index is 0.0971. The number of benzene rings is 1. The number of primary amides is 1. The maximum Gasteiger partial charge on any atom is 0.255 e. The molecule has 2 amide bonds. The Hall–Kier alpha value is -2.08. The Balaban J connectivity index is 1.88. The van der Waals surface area contributed by atoms with Crippen molar-refractivity contribution in [3.05, 3.63) is 29.8 Å². The molecule has 4 N–H and O–H groups in total. The Kier molecular flexibility index (Phi) is 4.95. The molecule has 0 spiro atoms. The van der Waals surface area contributed by atoms with E-state index in [0.717, 1.165) is 25.9 Å². The molecule has 6 heteroatoms. The van der Waals surface area contributed by atoms with Crippen LogP contribution in [0.1, 0.15) is 23.2 Å². The van der Waals surface area contributed by atoms with Crippen LogP contribution in [0.5, 0.6) is 5.75 Å². The first-order valence-electron chi connectivity index (χ1n) is 6.68. The highest BCUT2D eigenvalue weighted by atomic mass is 16.5. The molecule has 1 unspecified atom stereocenters. The van der Waals surface area contributed by atoms with Crippen LogP contribution in [-0.4, -0.2) is 37.6 Å². The van der Waals surface area contributed by atoms with Crippen LogP contribution in [0.25, 0.3) is 0 Å². The van der Waals surface area contributed by atoms with E-state index in [-0.39, 0.29) is 18.6 Å². The zero-order chi connectivity index (χ0) is 14.4. The van der Waals surface area contributed by atoms with Gasteiger partial charge in [-0.1, -0.05) is 0 Å². The maximum absolute atomic E-state index is 12.0. The van der Waals surface area contributed by atoms with Gasteiger partial charge in [0.2, 0.25) is 0 Å². The highest BCUT2D eigenvalue weighted by molar-refractivity contribution is 5.94. The van der Waals surface area contributed by atoms with Crippen LogP contribution < -0.4 is 21.1 Å². The van der Waals surface area contributed by atoms with E-state index < -0.39 is 5.91 Å². The lowest BCUT2D eigenvalue weighted by Crippen LogP contribution is -2.45. The lowest BCUT2D eigenvalue weighted by molar-refractivity contribution is -0.119. The highest BCUT2D eigenvalue weighted by Gasteiger charge is 2.16. The van der Waals surface area contributed by atoms with Gasteiger partial charge in [-0.15, -0.1) is 0 Å². The van der Waals surface area contributed by atoms with Gasteiger partial charge in [0, 0.05) is 18.2 Å². The summed E-state index contributed by atoms with van der Waals surface area (Å²) < 4.78 is 5.14. The topological polar surface area (TPSA) is 93.5 Å². The van der Waals surface area contributed by atoms with Crippen molar-refractivity contribution >= 4 is 11.8 Å². The average molecular weight is 277 g/mol. The third-order valence-electron chi connectivity index (χ3n) is 3.13. The summed E-state index contributed by atoms with van der Waals surface area (Å²) in [6.07, 6.45) is 2.07. The lowest BCUT2D eigenvalue weighted by Gasteiger charge is -2.23. The fourth-order valence-electron chi connectivity index (χ4n) is 2.10. The van der Waals surface area contributed by atoms with Crippen LogP contribution in [0, 0.1) is 0 Å². The van der Waals surface area contributed by atoms with Gasteiger partial charge >= 0.3 is 0 Å². The Morgan fingerprint density at radius 2 is 2.10 bits per heavy atom. The van der Waals surface area contributed by atoms with Crippen LogP contribution in [0.4, 0.5) is 0 Å². The molecular weight excluding hydrogens is 258 g/mol. The molecule has 6 nitrogen and oxygen atoms in total. The smallest absolute Gasteiger partial charge is 0.255 e. The monoisotopic (exact) mass is 277 g/mol. The zero-order valence-corrected chi connectivity index (χ0v) is 11.2. The molecule has 108 valence electrons. The fraction of sp³-hybridized carbons (Fsp3) is 0.429. The van der Waals surface area contributed by atoms with Gasteiger partial charge in [-0.3, -0.25) is 9.59 Å². The second-order valence-corrected chi connectivity index (χ2v) is 4.80. The number of nitrogens with two attached hydrogens (primary N) is 1. The number of nitrogens with one attached hydrogen (secondary N) is 2. The largest absolute Gasteiger partial charge is 0.484 e. The van der Waals surface area contributed by atoms with Crippen molar-refractivity contribution in [2.45, 2.75) is 18.9 Å². The first-order valence-corrected chi connectivity index (χ1v) is 6.68. The van der Waals surface area contributed by atoms with Gasteiger partial charge < -0.3 is 21.1 Å². The van der Waals surface area contributed by atoms with E-state index in [1.54, 1.807) is 24.3 Å². The van der Waals surface area contributed by atoms with E-state index in [1.165, 1.54) is 0 Å². The minimum atomic E-state index is -0.531. The SMILES string of the molecule is NC(=O)COc1ccc(C(=O)NC2CCCNC2)cc1. The first-order chi connectivity index (χ1) is 9.65. The highest BCUT2D eigenvalue weighted by Crippen LogP contribution is 2.12. The minimum Gasteiger partial charge on any atom is -0.484 e. The summed E-state index contributed by atoms with van der Waals surface area (Å²) in [5.41, 5.74) is 5.56. The summed E-state index contributed by atoms with van der Waals surface area (Å²) in [4.78, 5) is 22.6. The Morgan fingerprint density at radius 1 is 1.35 bits per heavy atom. The fourth-order valence-corrected chi connectivity index (χ4v) is 2.10. The number of piperidine rings is 1. The van der Waals surface area contributed by atoms with Crippen LogP contribution in [0.3, 0.4) is 0 Å². The van der Waals surface area contributed by atoms with Crippen molar-refractivity contribution < 1.29 is 14.3 Å². The molecule has 1 heterocycles. The Labute approximate surface area is 117 Å². The predicted molar refractivity (Wildman–Crippen MR) is 74.5 cm³/mol. The molecule has 1 saturated heterocycles. The quantitative estimate of drug-likeness (QED) is 0.708. The normalized spacial score (nSPS) is 18.3. The van der Waals surface area contributed by atoms with Gasteiger partial charge in [-0.25, -0.2) is 0 Å². The van der Waals surface area contributed by atoms with Crippen molar-refractivity contribution in [1.29, 1.82) is 0 Å². The van der Waals surface area contributed by atoms with Gasteiger partial charge in [-0.2, -0.15) is 0 Å². The van der Waals surface area contributed by atoms with Crippen LogP contribution in [-0.2, 0) is 4.79 Å². The summed E-state index contributed by atoms with van der Waals surface area (Å²) >= 11 is 0. The number of ether oxygens (including phenoxy) is 1. The van der Waals surface area contributed by atoms with Crippen molar-refractivity contribution in [2.75, 3.05) is 19.7 Å². The van der Waals surface area contributed by atoms with E-state index in [4.69, 9.17) is 10.5 Å². The molecule has 0 radical (unpaired) electrons. The summed E-state index contributed by atoms with van der Waals surface area (Å²) in [7, 11) is 0. The van der Waals surface area contributed by atoms with E-state index in [2.05, 4.69) is 10.6 Å². The molecule has 0 bridgehead atoms. The molecule has 1 aromatic carbocycles. The number of hydrogen-bond acceptors (Lipinski definition) is 4. The number of rotatable bonds is 5. The van der Waals surface area contributed by atoms with Gasteiger partial charge in [0.1, 0.15) is 5.75 Å². The van der Waals surface area contributed by atoms with Crippen molar-refractivity contribution in [3.63, 3.8) is 0 Å². The van der Waals surface area contributed by atoms with Gasteiger partial charge in [0.05, 0.1) is 0 Å². The molecule has 20 heavy (non-hydrogen) atoms. The first kappa shape index (κ1) is 14.3. The molecule has 0 aliphatic carbocycles. The molecule has 1 aromatic rings.